The van der Waals surface area contributed by atoms with Gasteiger partial charge in [-0.25, -0.2) is 0 Å². The summed E-state index contributed by atoms with van der Waals surface area (Å²) in [6.45, 7) is 1.03. The first-order valence-electron chi connectivity index (χ1n) is 5.19. The fraction of sp³-hybridized carbons (Fsp3) is 0.417. The second-order valence-electron chi connectivity index (χ2n) is 4.13. The van der Waals surface area contributed by atoms with Gasteiger partial charge < -0.3 is 9.84 Å². The average molecular weight is 241 g/mol. The first-order valence-corrected chi connectivity index (χ1v) is 5.56. The highest BCUT2D eigenvalue weighted by Gasteiger charge is 2.40. The van der Waals surface area contributed by atoms with Crippen molar-refractivity contribution in [2.24, 2.45) is 0 Å². The quantitative estimate of drug-likeness (QED) is 0.883. The van der Waals surface area contributed by atoms with Crippen molar-refractivity contribution in [1.82, 2.24) is 0 Å². The number of hydrogen-bond acceptors (Lipinski definition) is 2. The zero-order valence-corrected chi connectivity index (χ0v) is 9.54. The van der Waals surface area contributed by atoms with Crippen LogP contribution in [0.5, 0.6) is 0 Å². The van der Waals surface area contributed by atoms with E-state index in [2.05, 4.69) is 0 Å². The third kappa shape index (κ3) is 2.06. The van der Waals surface area contributed by atoms with Gasteiger partial charge in [0, 0.05) is 17.0 Å². The number of hydrogen-bond donors (Lipinski definition) is 1. The molecule has 1 aromatic rings. The summed E-state index contributed by atoms with van der Waals surface area (Å²) in [5.74, 6) is -0.814. The molecule has 0 spiro atoms. The average Bonchev–Trinajstić information content (AvgIpc) is 2.67. The number of carbonyl (C=O) groups is 1. The maximum absolute atomic E-state index is 10.9. The van der Waals surface area contributed by atoms with Crippen molar-refractivity contribution in [3.63, 3.8) is 0 Å². The Morgan fingerprint density at radius 3 is 2.81 bits per heavy atom. The van der Waals surface area contributed by atoms with Gasteiger partial charge in [-0.1, -0.05) is 29.8 Å². The highest BCUT2D eigenvalue weighted by Crippen LogP contribution is 2.39. The molecule has 1 unspecified atom stereocenters. The van der Waals surface area contributed by atoms with E-state index in [1.165, 1.54) is 0 Å². The van der Waals surface area contributed by atoms with E-state index in [0.29, 0.717) is 24.7 Å². The Kier molecular flexibility index (Phi) is 3.17. The monoisotopic (exact) mass is 240 g/mol. The largest absolute Gasteiger partial charge is 0.481 e. The summed E-state index contributed by atoms with van der Waals surface area (Å²) < 4.78 is 5.35. The van der Waals surface area contributed by atoms with Gasteiger partial charge in [0.15, 0.2) is 0 Å². The predicted molar refractivity (Wildman–Crippen MR) is 60.8 cm³/mol. The Morgan fingerprint density at radius 2 is 2.25 bits per heavy atom. The molecular weight excluding hydrogens is 228 g/mol. The molecule has 0 aliphatic carbocycles. The van der Waals surface area contributed by atoms with E-state index in [9.17, 15) is 4.79 Å². The Morgan fingerprint density at radius 1 is 1.50 bits per heavy atom. The molecule has 1 saturated heterocycles. The van der Waals surface area contributed by atoms with Gasteiger partial charge in [-0.2, -0.15) is 0 Å². The van der Waals surface area contributed by atoms with Crippen molar-refractivity contribution in [3.8, 4) is 0 Å². The van der Waals surface area contributed by atoms with Crippen molar-refractivity contribution in [1.29, 1.82) is 0 Å². The SMILES string of the molecule is O=C(O)CC1(c2ccccc2Cl)CCOC1. The highest BCUT2D eigenvalue weighted by atomic mass is 35.5. The number of carboxylic acids is 1. The molecule has 1 N–H and O–H groups in total. The minimum Gasteiger partial charge on any atom is -0.481 e. The molecule has 3 nitrogen and oxygen atoms in total. The number of benzene rings is 1. The van der Waals surface area contributed by atoms with E-state index in [-0.39, 0.29) is 6.42 Å². The fourth-order valence-electron chi connectivity index (χ4n) is 2.24. The Bertz CT molecular complexity index is 397. The molecule has 0 amide bonds. The second kappa shape index (κ2) is 4.44. The van der Waals surface area contributed by atoms with Crippen LogP contribution in [0.2, 0.25) is 5.02 Å². The van der Waals surface area contributed by atoms with Crippen molar-refractivity contribution < 1.29 is 14.6 Å². The summed E-state index contributed by atoms with van der Waals surface area (Å²) in [5.41, 5.74) is 0.432. The van der Waals surface area contributed by atoms with Crippen LogP contribution in [0.4, 0.5) is 0 Å². The van der Waals surface area contributed by atoms with Crippen molar-refractivity contribution in [2.45, 2.75) is 18.3 Å². The number of halogens is 1. The zero-order valence-electron chi connectivity index (χ0n) is 8.78. The molecule has 16 heavy (non-hydrogen) atoms. The minimum atomic E-state index is -0.814. The van der Waals surface area contributed by atoms with E-state index >= 15 is 0 Å². The van der Waals surface area contributed by atoms with Gasteiger partial charge in [0.25, 0.3) is 0 Å². The molecule has 1 aliphatic heterocycles. The van der Waals surface area contributed by atoms with Crippen LogP contribution in [-0.2, 0) is 14.9 Å². The van der Waals surface area contributed by atoms with Crippen LogP contribution in [0.3, 0.4) is 0 Å². The smallest absolute Gasteiger partial charge is 0.304 e. The predicted octanol–water partition coefficient (Wildman–Crippen LogP) is 2.47. The lowest BCUT2D eigenvalue weighted by molar-refractivity contribution is -0.138. The third-order valence-corrected chi connectivity index (χ3v) is 3.37. The number of aliphatic carboxylic acids is 1. The Hall–Kier alpha value is -1.06. The number of ether oxygens (including phenoxy) is 1. The molecule has 4 heteroatoms. The molecule has 1 atom stereocenters. The van der Waals surface area contributed by atoms with E-state index in [0.717, 1.165) is 5.56 Å². The molecule has 1 aliphatic rings. The lowest BCUT2D eigenvalue weighted by atomic mass is 9.77. The van der Waals surface area contributed by atoms with Crippen molar-refractivity contribution in [2.75, 3.05) is 13.2 Å². The molecule has 86 valence electrons. The Labute approximate surface area is 99.0 Å². The van der Waals surface area contributed by atoms with Crippen LogP contribution in [-0.4, -0.2) is 24.3 Å². The highest BCUT2D eigenvalue weighted by molar-refractivity contribution is 6.31. The molecule has 1 fully saturated rings. The molecule has 2 rings (SSSR count). The maximum atomic E-state index is 10.9. The van der Waals surface area contributed by atoms with Crippen molar-refractivity contribution in [3.05, 3.63) is 34.9 Å². The Balaban J connectivity index is 2.39. The summed E-state index contributed by atoms with van der Waals surface area (Å²) in [5, 5.41) is 9.61. The summed E-state index contributed by atoms with van der Waals surface area (Å²) >= 11 is 6.13. The molecular formula is C12H13ClO3. The third-order valence-electron chi connectivity index (χ3n) is 3.04. The number of carboxylic acid groups (broad SMARTS) is 1. The maximum Gasteiger partial charge on any atom is 0.304 e. The van der Waals surface area contributed by atoms with Gasteiger partial charge >= 0.3 is 5.97 Å². The normalized spacial score (nSPS) is 24.6. The molecule has 1 heterocycles. The van der Waals surface area contributed by atoms with E-state index in [1.54, 1.807) is 6.07 Å². The molecule has 0 bridgehead atoms. The summed E-state index contributed by atoms with van der Waals surface area (Å²) in [7, 11) is 0. The van der Waals surface area contributed by atoms with E-state index in [1.807, 2.05) is 18.2 Å². The summed E-state index contributed by atoms with van der Waals surface area (Å²) in [4.78, 5) is 10.9. The molecule has 0 radical (unpaired) electrons. The van der Waals surface area contributed by atoms with Gasteiger partial charge in [-0.15, -0.1) is 0 Å². The lowest BCUT2D eigenvalue weighted by Crippen LogP contribution is -2.30. The van der Waals surface area contributed by atoms with Crippen LogP contribution >= 0.6 is 11.6 Å². The van der Waals surface area contributed by atoms with Crippen LogP contribution in [0.15, 0.2) is 24.3 Å². The van der Waals surface area contributed by atoms with Crippen LogP contribution in [0.1, 0.15) is 18.4 Å². The first-order chi connectivity index (χ1) is 7.64. The van der Waals surface area contributed by atoms with Gasteiger partial charge in [-0.3, -0.25) is 4.79 Å². The van der Waals surface area contributed by atoms with E-state index < -0.39 is 11.4 Å². The first kappa shape index (κ1) is 11.4. The topological polar surface area (TPSA) is 46.5 Å². The van der Waals surface area contributed by atoms with Crippen LogP contribution in [0.25, 0.3) is 0 Å². The van der Waals surface area contributed by atoms with Gasteiger partial charge in [-0.05, 0) is 18.1 Å². The van der Waals surface area contributed by atoms with Gasteiger partial charge in [0.1, 0.15) is 0 Å². The van der Waals surface area contributed by atoms with Crippen LogP contribution < -0.4 is 0 Å². The standard InChI is InChI=1S/C12H13ClO3/c13-10-4-2-1-3-9(10)12(7-11(14)15)5-6-16-8-12/h1-4H,5-8H2,(H,14,15). The van der Waals surface area contributed by atoms with Gasteiger partial charge in [0.2, 0.25) is 0 Å². The molecule has 0 saturated carbocycles. The van der Waals surface area contributed by atoms with Gasteiger partial charge in [0.05, 0.1) is 13.0 Å². The molecule has 0 aromatic heterocycles. The lowest BCUT2D eigenvalue weighted by Gasteiger charge is -2.26. The minimum absolute atomic E-state index is 0.0662. The summed E-state index contributed by atoms with van der Waals surface area (Å²) in [6.07, 6.45) is 0.778. The van der Waals surface area contributed by atoms with E-state index in [4.69, 9.17) is 21.4 Å². The van der Waals surface area contributed by atoms with Crippen LogP contribution in [0, 0.1) is 0 Å². The molecule has 1 aromatic carbocycles. The number of rotatable bonds is 3. The second-order valence-corrected chi connectivity index (χ2v) is 4.54. The van der Waals surface area contributed by atoms with Crippen molar-refractivity contribution >= 4 is 17.6 Å². The zero-order chi connectivity index (χ0) is 11.6. The fourth-order valence-corrected chi connectivity index (χ4v) is 2.57. The summed E-state index contributed by atoms with van der Waals surface area (Å²) in [6, 6.07) is 7.40.